The van der Waals surface area contributed by atoms with Crippen LogP contribution in [0.3, 0.4) is 0 Å². The molecule has 1 N–H and O–H groups in total. The van der Waals surface area contributed by atoms with E-state index in [1.165, 1.54) is 12.1 Å². The minimum Gasteiger partial charge on any atom is -0.388 e. The molecule has 0 bridgehead atoms. The molecular formula is C15H17BrClFN2O. The summed E-state index contributed by atoms with van der Waals surface area (Å²) in [4.78, 5) is 0. The number of rotatable bonds is 5. The van der Waals surface area contributed by atoms with Crippen molar-refractivity contribution in [2.45, 2.75) is 39.3 Å². The SMILES string of the molecule is CCc1nn(CC)c(CC(O)c2c(F)cccc2Cl)c1Br. The zero-order valence-corrected chi connectivity index (χ0v) is 14.2. The highest BCUT2D eigenvalue weighted by Gasteiger charge is 2.22. The summed E-state index contributed by atoms with van der Waals surface area (Å²) in [6.07, 6.45) is 0.0286. The number of hydrogen-bond acceptors (Lipinski definition) is 2. The highest BCUT2D eigenvalue weighted by molar-refractivity contribution is 9.10. The Balaban J connectivity index is 2.36. The molecule has 1 unspecified atom stereocenters. The molecule has 6 heteroatoms. The van der Waals surface area contributed by atoms with Crippen LogP contribution >= 0.6 is 27.5 Å². The Morgan fingerprint density at radius 1 is 1.43 bits per heavy atom. The predicted molar refractivity (Wildman–Crippen MR) is 85.1 cm³/mol. The van der Waals surface area contributed by atoms with Crippen molar-refractivity contribution in [3.05, 3.63) is 50.5 Å². The third-order valence-corrected chi connectivity index (χ3v) is 4.66. The second-order valence-electron chi connectivity index (χ2n) is 4.73. The minimum absolute atomic E-state index is 0.132. The molecule has 1 aromatic carbocycles. The number of nitrogens with zero attached hydrogens (tertiary/aromatic N) is 2. The van der Waals surface area contributed by atoms with Crippen molar-refractivity contribution in [2.24, 2.45) is 0 Å². The van der Waals surface area contributed by atoms with E-state index in [4.69, 9.17) is 11.6 Å². The monoisotopic (exact) mass is 374 g/mol. The van der Waals surface area contributed by atoms with Crippen LogP contribution in [0.4, 0.5) is 4.39 Å². The van der Waals surface area contributed by atoms with Crippen molar-refractivity contribution in [1.29, 1.82) is 0 Å². The largest absolute Gasteiger partial charge is 0.388 e. The Bertz CT molecular complexity index is 625. The molecule has 2 aromatic rings. The van der Waals surface area contributed by atoms with Crippen LogP contribution in [0.5, 0.6) is 0 Å². The van der Waals surface area contributed by atoms with Gasteiger partial charge in [0.05, 0.1) is 22.0 Å². The molecule has 0 fully saturated rings. The molecular weight excluding hydrogens is 359 g/mol. The van der Waals surface area contributed by atoms with Gasteiger partial charge in [-0.1, -0.05) is 24.6 Å². The molecule has 0 radical (unpaired) electrons. The van der Waals surface area contributed by atoms with Gasteiger partial charge in [0.15, 0.2) is 0 Å². The fourth-order valence-electron chi connectivity index (χ4n) is 2.33. The Labute approximate surface area is 136 Å². The first-order chi connectivity index (χ1) is 9.99. The van der Waals surface area contributed by atoms with Crippen molar-refractivity contribution in [3.63, 3.8) is 0 Å². The quantitative estimate of drug-likeness (QED) is 0.846. The zero-order valence-electron chi connectivity index (χ0n) is 11.9. The predicted octanol–water partition coefficient (Wildman–Crippen LogP) is 4.30. The second kappa shape index (κ2) is 6.90. The number of halogens is 3. The zero-order chi connectivity index (χ0) is 15.6. The second-order valence-corrected chi connectivity index (χ2v) is 5.93. The van der Waals surface area contributed by atoms with E-state index in [1.807, 2.05) is 18.5 Å². The molecule has 0 aliphatic carbocycles. The van der Waals surface area contributed by atoms with E-state index >= 15 is 0 Å². The van der Waals surface area contributed by atoms with Crippen molar-refractivity contribution in [1.82, 2.24) is 9.78 Å². The summed E-state index contributed by atoms with van der Waals surface area (Å²) < 4.78 is 16.6. The highest BCUT2D eigenvalue weighted by atomic mass is 79.9. The van der Waals surface area contributed by atoms with E-state index in [9.17, 15) is 9.50 Å². The van der Waals surface area contributed by atoms with Crippen LogP contribution in [0, 0.1) is 5.82 Å². The van der Waals surface area contributed by atoms with Gasteiger partial charge < -0.3 is 5.11 Å². The summed E-state index contributed by atoms with van der Waals surface area (Å²) in [6, 6.07) is 4.40. The molecule has 1 heterocycles. The maximum absolute atomic E-state index is 13.9. The molecule has 0 saturated heterocycles. The van der Waals surface area contributed by atoms with Crippen LogP contribution in [0.1, 0.15) is 36.9 Å². The molecule has 3 nitrogen and oxygen atoms in total. The molecule has 0 saturated carbocycles. The summed E-state index contributed by atoms with van der Waals surface area (Å²) >= 11 is 9.52. The maximum atomic E-state index is 13.9. The lowest BCUT2D eigenvalue weighted by molar-refractivity contribution is 0.170. The van der Waals surface area contributed by atoms with Crippen LogP contribution in [0.15, 0.2) is 22.7 Å². The van der Waals surface area contributed by atoms with Crippen molar-refractivity contribution in [3.8, 4) is 0 Å². The molecule has 0 spiro atoms. The summed E-state index contributed by atoms with van der Waals surface area (Å²) in [7, 11) is 0. The molecule has 1 atom stereocenters. The van der Waals surface area contributed by atoms with Gasteiger partial charge in [-0.2, -0.15) is 5.10 Å². The smallest absolute Gasteiger partial charge is 0.130 e. The minimum atomic E-state index is -1.01. The first kappa shape index (κ1) is 16.5. The number of aliphatic hydroxyl groups excluding tert-OH is 1. The van der Waals surface area contributed by atoms with Gasteiger partial charge in [0.25, 0.3) is 0 Å². The number of aromatic nitrogens is 2. The Morgan fingerprint density at radius 3 is 2.71 bits per heavy atom. The van der Waals surface area contributed by atoms with Gasteiger partial charge >= 0.3 is 0 Å². The summed E-state index contributed by atoms with van der Waals surface area (Å²) in [5.41, 5.74) is 1.91. The van der Waals surface area contributed by atoms with Gasteiger partial charge in [0.2, 0.25) is 0 Å². The molecule has 0 aliphatic rings. The first-order valence-corrected chi connectivity index (χ1v) is 8.02. The topological polar surface area (TPSA) is 38.0 Å². The Morgan fingerprint density at radius 2 is 2.14 bits per heavy atom. The standard InChI is InChI=1S/C15H17BrClFN2O/c1-3-11-15(16)12(20(4-2)19-11)8-13(21)14-9(17)6-5-7-10(14)18/h5-7,13,21H,3-4,8H2,1-2H3. The van der Waals surface area contributed by atoms with Crippen LogP contribution in [0.2, 0.25) is 5.02 Å². The molecule has 1 aromatic heterocycles. The third kappa shape index (κ3) is 3.30. The average molecular weight is 376 g/mol. The van der Waals surface area contributed by atoms with Crippen LogP contribution in [-0.2, 0) is 19.4 Å². The van der Waals surface area contributed by atoms with Gasteiger partial charge in [-0.25, -0.2) is 4.39 Å². The normalized spacial score (nSPS) is 12.7. The van der Waals surface area contributed by atoms with Crippen molar-refractivity contribution in [2.75, 3.05) is 0 Å². The Kier molecular flexibility index (Phi) is 5.41. The van der Waals surface area contributed by atoms with E-state index in [-0.39, 0.29) is 17.0 Å². The lowest BCUT2D eigenvalue weighted by atomic mass is 10.0. The fourth-order valence-corrected chi connectivity index (χ4v) is 3.34. The van der Waals surface area contributed by atoms with Gasteiger partial charge in [0, 0.05) is 23.6 Å². The summed E-state index contributed by atoms with van der Waals surface area (Å²) in [6.45, 7) is 4.68. The number of hydrogen-bond donors (Lipinski definition) is 1. The van der Waals surface area contributed by atoms with Crippen LogP contribution < -0.4 is 0 Å². The van der Waals surface area contributed by atoms with Gasteiger partial charge in [-0.15, -0.1) is 0 Å². The lowest BCUT2D eigenvalue weighted by Crippen LogP contribution is -2.10. The maximum Gasteiger partial charge on any atom is 0.130 e. The fraction of sp³-hybridized carbons (Fsp3) is 0.400. The van der Waals surface area contributed by atoms with E-state index in [0.717, 1.165) is 22.3 Å². The number of aryl methyl sites for hydroxylation is 2. The van der Waals surface area contributed by atoms with Gasteiger partial charge in [-0.3, -0.25) is 4.68 Å². The molecule has 114 valence electrons. The van der Waals surface area contributed by atoms with Crippen LogP contribution in [-0.4, -0.2) is 14.9 Å². The number of benzene rings is 1. The lowest BCUT2D eigenvalue weighted by Gasteiger charge is -2.14. The van der Waals surface area contributed by atoms with Gasteiger partial charge in [0.1, 0.15) is 5.82 Å². The molecule has 0 amide bonds. The number of aliphatic hydroxyl groups is 1. The third-order valence-electron chi connectivity index (χ3n) is 3.41. The molecule has 0 aliphatic heterocycles. The van der Waals surface area contributed by atoms with Crippen molar-refractivity contribution < 1.29 is 9.50 Å². The summed E-state index contributed by atoms with van der Waals surface area (Å²) in [5, 5.41) is 15.1. The van der Waals surface area contributed by atoms with Crippen LogP contribution in [0.25, 0.3) is 0 Å². The van der Waals surface area contributed by atoms with E-state index in [1.54, 1.807) is 6.07 Å². The Hall–Kier alpha value is -0.910. The van der Waals surface area contributed by atoms with E-state index in [2.05, 4.69) is 21.0 Å². The first-order valence-electron chi connectivity index (χ1n) is 6.85. The molecule has 2 rings (SSSR count). The van der Waals surface area contributed by atoms with E-state index < -0.39 is 11.9 Å². The highest BCUT2D eigenvalue weighted by Crippen LogP contribution is 2.31. The van der Waals surface area contributed by atoms with Crippen molar-refractivity contribution >= 4 is 27.5 Å². The average Bonchev–Trinajstić information content (AvgIpc) is 2.75. The van der Waals surface area contributed by atoms with E-state index in [0.29, 0.717) is 6.54 Å². The van der Waals surface area contributed by atoms with Gasteiger partial charge in [-0.05, 0) is 41.4 Å². The summed E-state index contributed by atoms with van der Waals surface area (Å²) in [5.74, 6) is -0.496. The molecule has 21 heavy (non-hydrogen) atoms.